The van der Waals surface area contributed by atoms with Gasteiger partial charge in [0.05, 0.1) is 24.1 Å². The molecule has 0 bridgehead atoms. The summed E-state index contributed by atoms with van der Waals surface area (Å²) in [5, 5.41) is 12.2. The zero-order chi connectivity index (χ0) is 18.4. The van der Waals surface area contributed by atoms with Gasteiger partial charge in [0, 0.05) is 11.6 Å². The van der Waals surface area contributed by atoms with Crippen molar-refractivity contribution in [2.75, 3.05) is 18.1 Å². The number of rotatable bonds is 6. The molecule has 0 aromatic heterocycles. The van der Waals surface area contributed by atoms with Crippen LogP contribution in [0.4, 0.5) is 5.69 Å². The summed E-state index contributed by atoms with van der Waals surface area (Å²) in [6.45, 7) is -0.315. The van der Waals surface area contributed by atoms with Gasteiger partial charge in [-0.25, -0.2) is 8.42 Å². The molecule has 0 aliphatic carbocycles. The van der Waals surface area contributed by atoms with Gasteiger partial charge in [-0.15, -0.1) is 0 Å². The Hall–Kier alpha value is -2.40. The van der Waals surface area contributed by atoms with Crippen molar-refractivity contribution >= 4 is 33.2 Å². The van der Waals surface area contributed by atoms with Crippen LogP contribution < -0.4 is 5.32 Å². The maximum Gasteiger partial charge on any atom is 0.239 e. The fraction of sp³-hybridized carbons (Fsp3) is 0.176. The second-order valence-corrected chi connectivity index (χ2v) is 7.78. The number of anilines is 1. The third-order valence-electron chi connectivity index (χ3n) is 3.38. The third-order valence-corrected chi connectivity index (χ3v) is 4.83. The molecule has 0 aliphatic rings. The highest BCUT2D eigenvalue weighted by Gasteiger charge is 2.21. The lowest BCUT2D eigenvalue weighted by Gasteiger charge is -2.20. The normalized spacial score (nSPS) is 11.1. The van der Waals surface area contributed by atoms with Crippen LogP contribution in [0.15, 0.2) is 48.5 Å². The van der Waals surface area contributed by atoms with Crippen molar-refractivity contribution in [2.24, 2.45) is 0 Å². The van der Waals surface area contributed by atoms with Crippen LogP contribution in [0.1, 0.15) is 11.1 Å². The molecule has 2 rings (SSSR count). The highest BCUT2D eigenvalue weighted by Crippen LogP contribution is 2.15. The molecule has 8 heteroatoms. The van der Waals surface area contributed by atoms with E-state index >= 15 is 0 Å². The van der Waals surface area contributed by atoms with Gasteiger partial charge in [-0.2, -0.15) is 9.57 Å². The Labute approximate surface area is 151 Å². The number of carbonyl (C=O) groups is 1. The molecule has 0 aliphatic heterocycles. The standard InChI is InChI=1S/C17H16ClN3O3S/c1-25(23,24)21(11-13-6-8-15(18)9-7-13)12-17(22)20-16-5-3-2-4-14(16)10-19/h2-9H,11-12H2,1H3,(H,20,22). The van der Waals surface area contributed by atoms with E-state index in [9.17, 15) is 13.2 Å². The largest absolute Gasteiger partial charge is 0.324 e. The number of nitrogens with one attached hydrogen (secondary N) is 1. The Kier molecular flexibility index (Phi) is 6.15. The summed E-state index contributed by atoms with van der Waals surface area (Å²) in [4.78, 5) is 12.2. The topological polar surface area (TPSA) is 90.3 Å². The minimum absolute atomic E-state index is 0.0450. The molecular weight excluding hydrogens is 362 g/mol. The first kappa shape index (κ1) is 18.9. The molecule has 0 unspecified atom stereocenters. The number of nitrogens with zero attached hydrogens (tertiary/aromatic N) is 2. The Bertz CT molecular complexity index is 905. The lowest BCUT2D eigenvalue weighted by atomic mass is 10.2. The van der Waals surface area contributed by atoms with Crippen molar-refractivity contribution in [3.63, 3.8) is 0 Å². The molecule has 1 amide bonds. The Morgan fingerprint density at radius 2 is 1.84 bits per heavy atom. The highest BCUT2D eigenvalue weighted by molar-refractivity contribution is 7.88. The second-order valence-electron chi connectivity index (χ2n) is 5.36. The van der Waals surface area contributed by atoms with Crippen LogP contribution in [-0.4, -0.2) is 31.4 Å². The number of sulfonamides is 1. The Balaban J connectivity index is 2.13. The number of halogens is 1. The smallest absolute Gasteiger partial charge is 0.239 e. The average Bonchev–Trinajstić information content (AvgIpc) is 2.56. The van der Waals surface area contributed by atoms with E-state index in [0.717, 1.165) is 10.6 Å². The SMILES string of the molecule is CS(=O)(=O)N(CC(=O)Nc1ccccc1C#N)Cc1ccc(Cl)cc1. The van der Waals surface area contributed by atoms with E-state index in [2.05, 4.69) is 5.32 Å². The third kappa shape index (κ3) is 5.57. The van der Waals surface area contributed by atoms with Crippen LogP contribution >= 0.6 is 11.6 Å². The van der Waals surface area contributed by atoms with E-state index in [4.69, 9.17) is 16.9 Å². The van der Waals surface area contributed by atoms with Crippen LogP contribution in [0.5, 0.6) is 0 Å². The van der Waals surface area contributed by atoms with Gasteiger partial charge >= 0.3 is 0 Å². The molecule has 2 aromatic rings. The summed E-state index contributed by atoms with van der Waals surface area (Å²) in [6.07, 6.45) is 1.04. The van der Waals surface area contributed by atoms with Crippen LogP contribution in [0.25, 0.3) is 0 Å². The summed E-state index contributed by atoms with van der Waals surface area (Å²) in [7, 11) is -3.60. The van der Waals surface area contributed by atoms with E-state index in [-0.39, 0.29) is 13.1 Å². The first-order valence-electron chi connectivity index (χ1n) is 7.28. The van der Waals surface area contributed by atoms with Crippen molar-refractivity contribution in [3.8, 4) is 6.07 Å². The van der Waals surface area contributed by atoms with Gasteiger partial charge in [0.15, 0.2) is 0 Å². The summed E-state index contributed by atoms with van der Waals surface area (Å²) in [6, 6.07) is 15.2. The van der Waals surface area contributed by atoms with Gasteiger partial charge in [0.2, 0.25) is 15.9 Å². The maximum absolute atomic E-state index is 12.2. The quantitative estimate of drug-likeness (QED) is 0.837. The second kappa shape index (κ2) is 8.12. The molecule has 0 fully saturated rings. The molecule has 0 heterocycles. The van der Waals surface area contributed by atoms with Gasteiger partial charge in [0.1, 0.15) is 6.07 Å². The van der Waals surface area contributed by atoms with Crippen LogP contribution in [0.2, 0.25) is 5.02 Å². The fourth-order valence-corrected chi connectivity index (χ4v) is 2.98. The fourth-order valence-electron chi connectivity index (χ4n) is 2.12. The average molecular weight is 378 g/mol. The van der Waals surface area contributed by atoms with Crippen LogP contribution in [-0.2, 0) is 21.4 Å². The molecule has 0 spiro atoms. The molecule has 0 saturated carbocycles. The van der Waals surface area contributed by atoms with Gasteiger partial charge in [-0.1, -0.05) is 35.9 Å². The number of benzene rings is 2. The minimum Gasteiger partial charge on any atom is -0.324 e. The predicted octanol–water partition coefficient (Wildman–Crippen LogP) is 2.61. The number of hydrogen-bond acceptors (Lipinski definition) is 4. The first-order valence-corrected chi connectivity index (χ1v) is 9.51. The zero-order valence-corrected chi connectivity index (χ0v) is 15.0. The molecule has 2 aromatic carbocycles. The lowest BCUT2D eigenvalue weighted by molar-refractivity contribution is -0.116. The Morgan fingerprint density at radius 3 is 2.44 bits per heavy atom. The molecule has 0 radical (unpaired) electrons. The number of para-hydroxylation sites is 1. The van der Waals surface area contributed by atoms with E-state index < -0.39 is 15.9 Å². The summed E-state index contributed by atoms with van der Waals surface area (Å²) < 4.78 is 25.0. The molecule has 25 heavy (non-hydrogen) atoms. The van der Waals surface area contributed by atoms with Crippen molar-refractivity contribution in [2.45, 2.75) is 6.54 Å². The van der Waals surface area contributed by atoms with Crippen molar-refractivity contribution < 1.29 is 13.2 Å². The van der Waals surface area contributed by atoms with Gasteiger partial charge < -0.3 is 5.32 Å². The summed E-state index contributed by atoms with van der Waals surface area (Å²) in [5.41, 5.74) is 1.36. The molecular formula is C17H16ClN3O3S. The first-order chi connectivity index (χ1) is 11.8. The Morgan fingerprint density at radius 1 is 1.20 bits per heavy atom. The van der Waals surface area contributed by atoms with E-state index in [0.29, 0.717) is 21.8 Å². The molecule has 130 valence electrons. The van der Waals surface area contributed by atoms with Crippen molar-refractivity contribution in [1.29, 1.82) is 5.26 Å². The minimum atomic E-state index is -3.60. The highest BCUT2D eigenvalue weighted by atomic mass is 35.5. The van der Waals surface area contributed by atoms with Crippen LogP contribution in [0.3, 0.4) is 0 Å². The number of hydrogen-bond donors (Lipinski definition) is 1. The van der Waals surface area contributed by atoms with E-state index in [1.807, 2.05) is 6.07 Å². The van der Waals surface area contributed by atoms with Crippen LogP contribution in [0, 0.1) is 11.3 Å². The summed E-state index contributed by atoms with van der Waals surface area (Å²) in [5.74, 6) is -0.526. The van der Waals surface area contributed by atoms with E-state index in [1.165, 1.54) is 0 Å². The zero-order valence-electron chi connectivity index (χ0n) is 13.4. The summed E-state index contributed by atoms with van der Waals surface area (Å²) >= 11 is 5.82. The van der Waals surface area contributed by atoms with Gasteiger partial charge in [-0.3, -0.25) is 4.79 Å². The monoisotopic (exact) mass is 377 g/mol. The lowest BCUT2D eigenvalue weighted by Crippen LogP contribution is -2.37. The van der Waals surface area contributed by atoms with Gasteiger partial charge in [0.25, 0.3) is 0 Å². The molecule has 1 N–H and O–H groups in total. The molecule has 0 atom stereocenters. The predicted molar refractivity (Wildman–Crippen MR) is 96.5 cm³/mol. The maximum atomic E-state index is 12.2. The molecule has 0 saturated heterocycles. The van der Waals surface area contributed by atoms with Gasteiger partial charge in [-0.05, 0) is 29.8 Å². The van der Waals surface area contributed by atoms with Crippen molar-refractivity contribution in [1.82, 2.24) is 4.31 Å². The van der Waals surface area contributed by atoms with Crippen molar-refractivity contribution in [3.05, 3.63) is 64.7 Å². The molecule has 6 nitrogen and oxygen atoms in total. The number of nitriles is 1. The van der Waals surface area contributed by atoms with E-state index in [1.54, 1.807) is 48.5 Å². The number of carbonyl (C=O) groups excluding carboxylic acids is 1. The number of amides is 1.